The van der Waals surface area contributed by atoms with Crippen LogP contribution in [0.1, 0.15) is 55.4 Å². The minimum atomic E-state index is -0.845. The number of benzene rings is 2. The Morgan fingerprint density at radius 1 is 1.19 bits per heavy atom. The molecule has 1 fully saturated rings. The molecule has 170 valence electrons. The minimum absolute atomic E-state index is 0.145. The molecule has 0 aromatic heterocycles. The Balaban J connectivity index is 1.77. The zero-order chi connectivity index (χ0) is 22.9. The largest absolute Gasteiger partial charge is 0.494 e. The Labute approximate surface area is 188 Å². The van der Waals surface area contributed by atoms with E-state index in [2.05, 4.69) is 31.7 Å². The Bertz CT molecular complexity index is 1120. The number of fused-ring (bicyclic) bond motifs is 3. The van der Waals surface area contributed by atoms with Crippen LogP contribution in [0.25, 0.3) is 11.1 Å². The molecule has 1 N–H and O–H groups in total. The second-order valence-electron chi connectivity index (χ2n) is 10.4. The first kappa shape index (κ1) is 21.1. The molecule has 3 aliphatic heterocycles. The average molecular weight is 439 g/mol. The van der Waals surface area contributed by atoms with Crippen molar-refractivity contribution in [1.82, 2.24) is 4.90 Å². The molecule has 3 heterocycles. The predicted molar refractivity (Wildman–Crippen MR) is 124 cm³/mol. The lowest BCUT2D eigenvalue weighted by Crippen LogP contribution is -2.47. The molecule has 5 nitrogen and oxygen atoms in total. The van der Waals surface area contributed by atoms with E-state index in [1.54, 1.807) is 17.0 Å². The number of anilines is 1. The molecule has 0 radical (unpaired) electrons. The monoisotopic (exact) mass is 438 g/mol. The van der Waals surface area contributed by atoms with Gasteiger partial charge in [0.1, 0.15) is 0 Å². The summed E-state index contributed by atoms with van der Waals surface area (Å²) in [5.74, 6) is 0.0375. The summed E-state index contributed by atoms with van der Waals surface area (Å²) in [7, 11) is 1.49. The number of likely N-dealkylation sites (tertiary alicyclic amines) is 1. The third kappa shape index (κ3) is 2.99. The first-order chi connectivity index (χ1) is 15.1. The zero-order valence-corrected chi connectivity index (χ0v) is 19.5. The maximum Gasteiger partial charge on any atom is 0.407 e. The normalized spacial score (nSPS) is 21.6. The van der Waals surface area contributed by atoms with E-state index in [1.807, 2.05) is 6.92 Å². The number of carboxylic acid groups (broad SMARTS) is 1. The quantitative estimate of drug-likeness (QED) is 0.690. The number of nitrogens with zero attached hydrogens (tertiary/aromatic N) is 2. The molecule has 0 unspecified atom stereocenters. The van der Waals surface area contributed by atoms with Crippen LogP contribution in [0.15, 0.2) is 18.2 Å². The van der Waals surface area contributed by atoms with Gasteiger partial charge in [-0.25, -0.2) is 9.18 Å². The summed E-state index contributed by atoms with van der Waals surface area (Å²) in [6.07, 6.45) is 0.978. The van der Waals surface area contributed by atoms with Gasteiger partial charge in [0.2, 0.25) is 0 Å². The number of aryl methyl sites for hydroxylation is 1. The Morgan fingerprint density at radius 2 is 1.94 bits per heavy atom. The summed E-state index contributed by atoms with van der Waals surface area (Å²) < 4.78 is 20.0. The molecule has 6 heteroatoms. The molecular formula is C26H31FN2O3. The van der Waals surface area contributed by atoms with Crippen LogP contribution in [0, 0.1) is 12.7 Å². The van der Waals surface area contributed by atoms with Gasteiger partial charge in [-0.15, -0.1) is 0 Å². The van der Waals surface area contributed by atoms with Gasteiger partial charge in [-0.05, 0) is 76.8 Å². The first-order valence-electron chi connectivity index (χ1n) is 11.4. The molecule has 2 aromatic carbocycles. The van der Waals surface area contributed by atoms with Crippen LogP contribution < -0.4 is 9.64 Å². The van der Waals surface area contributed by atoms with Gasteiger partial charge in [-0.1, -0.05) is 20.8 Å². The van der Waals surface area contributed by atoms with Crippen LogP contribution in [-0.4, -0.2) is 48.9 Å². The molecular weight excluding hydrogens is 407 g/mol. The van der Waals surface area contributed by atoms with Crippen molar-refractivity contribution in [1.29, 1.82) is 0 Å². The number of hydrogen-bond acceptors (Lipinski definition) is 3. The van der Waals surface area contributed by atoms with Gasteiger partial charge in [-0.2, -0.15) is 0 Å². The van der Waals surface area contributed by atoms with Crippen LogP contribution in [0.3, 0.4) is 0 Å². The van der Waals surface area contributed by atoms with Gasteiger partial charge in [-0.3, -0.25) is 0 Å². The van der Waals surface area contributed by atoms with Gasteiger partial charge in [0.05, 0.1) is 7.11 Å². The fraction of sp³-hybridized carbons (Fsp3) is 0.500. The van der Waals surface area contributed by atoms with E-state index >= 15 is 0 Å². The Morgan fingerprint density at radius 3 is 2.59 bits per heavy atom. The molecule has 0 aliphatic carbocycles. The predicted octanol–water partition coefficient (Wildman–Crippen LogP) is 5.32. The van der Waals surface area contributed by atoms with Crippen LogP contribution in [0.4, 0.5) is 14.9 Å². The van der Waals surface area contributed by atoms with Crippen LogP contribution >= 0.6 is 0 Å². The van der Waals surface area contributed by atoms with E-state index < -0.39 is 6.09 Å². The maximum absolute atomic E-state index is 14.8. The summed E-state index contributed by atoms with van der Waals surface area (Å²) in [6, 6.07) is 5.97. The van der Waals surface area contributed by atoms with Gasteiger partial charge in [0, 0.05) is 37.3 Å². The molecule has 32 heavy (non-hydrogen) atoms. The summed E-state index contributed by atoms with van der Waals surface area (Å²) >= 11 is 0. The van der Waals surface area contributed by atoms with Crippen molar-refractivity contribution < 1.29 is 19.0 Å². The summed E-state index contributed by atoms with van der Waals surface area (Å²) in [4.78, 5) is 15.9. The molecule has 2 atom stereocenters. The molecule has 0 bridgehead atoms. The molecule has 2 aromatic rings. The summed E-state index contributed by atoms with van der Waals surface area (Å²) in [5.41, 5.74) is 7.87. The van der Waals surface area contributed by atoms with Crippen molar-refractivity contribution in [2.24, 2.45) is 0 Å². The van der Waals surface area contributed by atoms with E-state index in [9.17, 15) is 14.3 Å². The molecule has 1 saturated heterocycles. The lowest BCUT2D eigenvalue weighted by molar-refractivity contribution is 0.127. The highest BCUT2D eigenvalue weighted by Gasteiger charge is 2.48. The van der Waals surface area contributed by atoms with E-state index in [4.69, 9.17) is 4.74 Å². The molecule has 5 rings (SSSR count). The van der Waals surface area contributed by atoms with Crippen molar-refractivity contribution in [3.8, 4) is 16.9 Å². The van der Waals surface area contributed by atoms with Gasteiger partial charge < -0.3 is 19.6 Å². The standard InChI is InChI=1S/C26H31FN2O3/c1-14-10-21(32-5)19(27)12-16(14)17-11-15-6-9-29-20-7-8-28(25(30)31)13-18(20)22(24(15)29)23(17)26(2,3)4/h10-12,18,20H,6-9,13H2,1-5H3,(H,30,31)/t18-,20+/m1/s1. The van der Waals surface area contributed by atoms with Crippen LogP contribution in [0.2, 0.25) is 0 Å². The highest BCUT2D eigenvalue weighted by Crippen LogP contribution is 2.55. The second kappa shape index (κ2) is 7.12. The first-order valence-corrected chi connectivity index (χ1v) is 11.4. The lowest BCUT2D eigenvalue weighted by Gasteiger charge is -2.38. The van der Waals surface area contributed by atoms with Crippen LogP contribution in [-0.2, 0) is 11.8 Å². The van der Waals surface area contributed by atoms with Crippen molar-refractivity contribution in [2.75, 3.05) is 31.6 Å². The van der Waals surface area contributed by atoms with E-state index in [-0.39, 0.29) is 22.9 Å². The fourth-order valence-electron chi connectivity index (χ4n) is 6.22. The van der Waals surface area contributed by atoms with Gasteiger partial charge in [0.25, 0.3) is 0 Å². The third-order valence-electron chi connectivity index (χ3n) is 7.48. The second-order valence-corrected chi connectivity index (χ2v) is 10.4. The average Bonchev–Trinajstić information content (AvgIpc) is 3.29. The summed E-state index contributed by atoms with van der Waals surface area (Å²) in [6.45, 7) is 10.7. The number of hydrogen-bond donors (Lipinski definition) is 1. The number of amides is 1. The number of rotatable bonds is 2. The van der Waals surface area contributed by atoms with Crippen LogP contribution in [0.5, 0.6) is 5.75 Å². The SMILES string of the molecule is COc1cc(C)c(-c2cc3c4c(c2C(C)(C)C)[C@@H]2CN(C(=O)O)CC[C@@H]2N4CC3)cc1F. The van der Waals surface area contributed by atoms with Crippen molar-refractivity contribution >= 4 is 11.8 Å². The molecule has 1 amide bonds. The molecule has 0 saturated carbocycles. The summed E-state index contributed by atoms with van der Waals surface area (Å²) in [5, 5.41) is 9.68. The van der Waals surface area contributed by atoms with E-state index in [1.165, 1.54) is 29.5 Å². The molecule has 3 aliphatic rings. The number of methoxy groups -OCH3 is 1. The number of ether oxygens (including phenoxy) is 1. The highest BCUT2D eigenvalue weighted by molar-refractivity contribution is 5.84. The number of halogens is 1. The third-order valence-corrected chi connectivity index (χ3v) is 7.48. The topological polar surface area (TPSA) is 53.0 Å². The zero-order valence-electron chi connectivity index (χ0n) is 19.5. The maximum atomic E-state index is 14.8. The van der Waals surface area contributed by atoms with E-state index in [0.29, 0.717) is 19.1 Å². The fourth-order valence-corrected chi connectivity index (χ4v) is 6.22. The van der Waals surface area contributed by atoms with Crippen molar-refractivity contribution in [3.05, 3.63) is 46.3 Å². The van der Waals surface area contributed by atoms with Crippen molar-refractivity contribution in [3.63, 3.8) is 0 Å². The van der Waals surface area contributed by atoms with Gasteiger partial charge >= 0.3 is 6.09 Å². The highest BCUT2D eigenvalue weighted by atomic mass is 19.1. The Kier molecular flexibility index (Phi) is 4.70. The lowest BCUT2D eigenvalue weighted by atomic mass is 9.73. The van der Waals surface area contributed by atoms with Gasteiger partial charge in [0.15, 0.2) is 11.6 Å². The Hall–Kier alpha value is -2.76. The number of piperidine rings is 1. The molecule has 0 spiro atoms. The smallest absolute Gasteiger partial charge is 0.407 e. The van der Waals surface area contributed by atoms with Crippen molar-refractivity contribution in [2.45, 2.75) is 57.9 Å². The van der Waals surface area contributed by atoms with E-state index in [0.717, 1.165) is 36.1 Å². The number of carbonyl (C=O) groups is 1. The minimum Gasteiger partial charge on any atom is -0.494 e.